The van der Waals surface area contributed by atoms with E-state index in [2.05, 4.69) is 0 Å². The molecule has 1 N–H and O–H groups in total. The fourth-order valence-corrected chi connectivity index (χ4v) is 8.60. The second-order valence-electron chi connectivity index (χ2n) is 10.4. The lowest BCUT2D eigenvalue weighted by Gasteiger charge is -2.10. The Kier molecular flexibility index (Phi) is 8.45. The Morgan fingerprint density at radius 1 is 0.340 bits per heavy atom. The normalized spacial score (nSPS) is 12.0. The Bertz CT molecular complexity index is 2350. The number of hydrogen-bond donors (Lipinski definition) is 1. The molecule has 0 bridgehead atoms. The molecule has 6 aromatic carbocycles. The maximum absolute atomic E-state index is 13.3. The average Bonchev–Trinajstić information content (AvgIpc) is 3.09. The second-order valence-corrected chi connectivity index (χ2v) is 16.3. The molecule has 0 amide bonds. The Balaban J connectivity index is 1.13. The molecule has 11 heteroatoms. The fourth-order valence-electron chi connectivity index (χ4n) is 4.80. The molecule has 0 fully saturated rings. The monoisotopic (exact) mass is 682 g/mol. The summed E-state index contributed by atoms with van der Waals surface area (Å²) in [5.41, 5.74) is 1.45. The Morgan fingerprint density at radius 3 is 0.957 bits per heavy atom. The van der Waals surface area contributed by atoms with Crippen molar-refractivity contribution in [1.29, 1.82) is 0 Å². The van der Waals surface area contributed by atoms with Crippen molar-refractivity contribution in [1.82, 2.24) is 0 Å². The Hall–Kier alpha value is -5.23. The molecule has 0 heterocycles. The van der Waals surface area contributed by atoms with Crippen molar-refractivity contribution in [2.75, 3.05) is 0 Å². The van der Waals surface area contributed by atoms with Crippen molar-refractivity contribution in [3.63, 3.8) is 0 Å². The SMILES string of the molecule is O=S(=O)(c1ccc(O)cc1)c1ccc(Oc2ccc(S(=O)(=O)c3ccc(-c4ccc(S(=O)(=O)c5ccccc5)cc4)cc3)cc2)cc1. The first kappa shape index (κ1) is 31.7. The van der Waals surface area contributed by atoms with Crippen molar-refractivity contribution in [2.24, 2.45) is 0 Å². The van der Waals surface area contributed by atoms with Gasteiger partial charge in [0.05, 0.1) is 29.4 Å². The highest BCUT2D eigenvalue weighted by molar-refractivity contribution is 7.92. The number of sulfone groups is 3. The molecule has 6 rings (SSSR count). The van der Waals surface area contributed by atoms with Gasteiger partial charge >= 0.3 is 0 Å². The zero-order valence-electron chi connectivity index (χ0n) is 24.5. The molecule has 6 aromatic rings. The van der Waals surface area contributed by atoms with Crippen LogP contribution in [-0.4, -0.2) is 30.4 Å². The summed E-state index contributed by atoms with van der Waals surface area (Å²) in [5, 5.41) is 9.43. The molecule has 0 aliphatic carbocycles. The Labute approximate surface area is 273 Å². The highest BCUT2D eigenvalue weighted by Crippen LogP contribution is 2.30. The van der Waals surface area contributed by atoms with Crippen LogP contribution in [0.25, 0.3) is 11.1 Å². The average molecular weight is 683 g/mol. The highest BCUT2D eigenvalue weighted by atomic mass is 32.2. The van der Waals surface area contributed by atoms with Gasteiger partial charge in [0.15, 0.2) is 0 Å². The van der Waals surface area contributed by atoms with E-state index < -0.39 is 29.5 Å². The summed E-state index contributed by atoms with van der Waals surface area (Å²) >= 11 is 0. The lowest BCUT2D eigenvalue weighted by Crippen LogP contribution is -2.02. The lowest BCUT2D eigenvalue weighted by molar-refractivity contribution is 0.474. The van der Waals surface area contributed by atoms with Crippen molar-refractivity contribution >= 4 is 29.5 Å². The van der Waals surface area contributed by atoms with Crippen LogP contribution in [0.1, 0.15) is 0 Å². The first-order chi connectivity index (χ1) is 22.4. The molecule has 8 nitrogen and oxygen atoms in total. The lowest BCUT2D eigenvalue weighted by atomic mass is 10.1. The summed E-state index contributed by atoms with van der Waals surface area (Å²) in [6, 6.07) is 37.8. The number of rotatable bonds is 9. The zero-order chi connectivity index (χ0) is 33.2. The minimum atomic E-state index is -3.85. The van der Waals surface area contributed by atoms with Crippen molar-refractivity contribution in [2.45, 2.75) is 29.4 Å². The molecular formula is C36H26O8S3. The minimum absolute atomic E-state index is 0.0383. The molecule has 0 saturated heterocycles. The number of ether oxygens (including phenoxy) is 1. The summed E-state index contributed by atoms with van der Waals surface area (Å²) in [5.74, 6) is 0.668. The number of aromatic hydroxyl groups is 1. The van der Waals surface area contributed by atoms with Gasteiger partial charge in [-0.15, -0.1) is 0 Å². The van der Waals surface area contributed by atoms with E-state index in [-0.39, 0.29) is 35.1 Å². The molecule has 0 unspecified atom stereocenters. The predicted octanol–water partition coefficient (Wildman–Crippen LogP) is 7.35. The van der Waals surface area contributed by atoms with E-state index in [1.165, 1.54) is 97.1 Å². The van der Waals surface area contributed by atoms with Crippen LogP contribution in [0.3, 0.4) is 0 Å². The maximum Gasteiger partial charge on any atom is 0.206 e. The predicted molar refractivity (Wildman–Crippen MR) is 176 cm³/mol. The standard InChI is InChI=1S/C36H26O8S3/c37-28-10-20-34(21-11-28)47(42,43)36-24-14-30(15-25-36)44-29-12-22-35(23-13-29)46(40,41)33-18-8-27(9-19-33)26-6-16-32(17-7-26)45(38,39)31-4-2-1-3-5-31/h1-25,37H. The maximum atomic E-state index is 13.3. The number of hydrogen-bond acceptors (Lipinski definition) is 8. The first-order valence-electron chi connectivity index (χ1n) is 14.1. The van der Waals surface area contributed by atoms with Gasteiger partial charge in [-0.1, -0.05) is 42.5 Å². The molecule has 47 heavy (non-hydrogen) atoms. The summed E-state index contributed by atoms with van der Waals surface area (Å²) in [4.78, 5) is 0.607. The molecule has 0 aliphatic rings. The number of phenols is 1. The van der Waals surface area contributed by atoms with E-state index in [1.807, 2.05) is 0 Å². The van der Waals surface area contributed by atoms with Gasteiger partial charge in [-0.25, -0.2) is 25.3 Å². The third-order valence-corrected chi connectivity index (χ3v) is 12.7. The van der Waals surface area contributed by atoms with Gasteiger partial charge in [0.1, 0.15) is 17.2 Å². The van der Waals surface area contributed by atoms with E-state index in [0.29, 0.717) is 11.5 Å². The minimum Gasteiger partial charge on any atom is -0.508 e. The van der Waals surface area contributed by atoms with Crippen LogP contribution in [0.4, 0.5) is 0 Å². The molecule has 0 aliphatic heterocycles. The molecule has 0 atom stereocenters. The van der Waals surface area contributed by atoms with Gasteiger partial charge in [0.2, 0.25) is 29.5 Å². The van der Waals surface area contributed by atoms with Crippen LogP contribution in [-0.2, 0) is 29.5 Å². The summed E-state index contributed by atoms with van der Waals surface area (Å²) in [7, 11) is -11.3. The fraction of sp³-hybridized carbons (Fsp3) is 0. The topological polar surface area (TPSA) is 132 Å². The number of phenolic OH excluding ortho intramolecular Hbond substituents is 1. The van der Waals surface area contributed by atoms with Gasteiger partial charge < -0.3 is 9.84 Å². The largest absolute Gasteiger partial charge is 0.508 e. The van der Waals surface area contributed by atoms with E-state index in [9.17, 15) is 30.4 Å². The van der Waals surface area contributed by atoms with E-state index >= 15 is 0 Å². The van der Waals surface area contributed by atoms with Crippen LogP contribution in [0.5, 0.6) is 17.2 Å². The first-order valence-corrected chi connectivity index (χ1v) is 18.6. The third-order valence-electron chi connectivity index (χ3n) is 7.37. The van der Waals surface area contributed by atoms with Crippen LogP contribution in [0.2, 0.25) is 0 Å². The molecular weight excluding hydrogens is 657 g/mol. The quantitative estimate of drug-likeness (QED) is 0.168. The van der Waals surface area contributed by atoms with Crippen LogP contribution in [0.15, 0.2) is 181 Å². The van der Waals surface area contributed by atoms with E-state index in [0.717, 1.165) is 11.1 Å². The van der Waals surface area contributed by atoms with Crippen LogP contribution >= 0.6 is 0 Å². The van der Waals surface area contributed by atoms with Crippen LogP contribution in [0, 0.1) is 0 Å². The van der Waals surface area contributed by atoms with Gasteiger partial charge in [0.25, 0.3) is 0 Å². The van der Waals surface area contributed by atoms with E-state index in [4.69, 9.17) is 4.74 Å². The van der Waals surface area contributed by atoms with Gasteiger partial charge in [0, 0.05) is 0 Å². The second kappa shape index (κ2) is 12.5. The third kappa shape index (κ3) is 6.54. The van der Waals surface area contributed by atoms with Gasteiger partial charge in [-0.3, -0.25) is 0 Å². The zero-order valence-corrected chi connectivity index (χ0v) is 26.9. The van der Waals surface area contributed by atoms with Crippen molar-refractivity contribution < 1.29 is 35.1 Å². The van der Waals surface area contributed by atoms with Crippen molar-refractivity contribution in [3.8, 4) is 28.4 Å². The highest BCUT2D eigenvalue weighted by Gasteiger charge is 2.20. The van der Waals surface area contributed by atoms with Gasteiger partial charge in [-0.2, -0.15) is 0 Å². The summed E-state index contributed by atoms with van der Waals surface area (Å²) in [6.45, 7) is 0. The van der Waals surface area contributed by atoms with Crippen LogP contribution < -0.4 is 4.74 Å². The Morgan fingerprint density at radius 2 is 0.617 bits per heavy atom. The smallest absolute Gasteiger partial charge is 0.206 e. The number of benzene rings is 6. The van der Waals surface area contributed by atoms with Crippen molar-refractivity contribution in [3.05, 3.63) is 152 Å². The molecule has 0 spiro atoms. The molecule has 0 saturated carbocycles. The summed E-state index contributed by atoms with van der Waals surface area (Å²) in [6.07, 6.45) is 0. The van der Waals surface area contributed by atoms with E-state index in [1.54, 1.807) is 54.6 Å². The summed E-state index contributed by atoms with van der Waals surface area (Å²) < 4.78 is 83.9. The molecule has 236 valence electrons. The molecule has 0 radical (unpaired) electrons. The molecule has 0 aromatic heterocycles. The van der Waals surface area contributed by atoms with Gasteiger partial charge in [-0.05, 0) is 120 Å².